The van der Waals surface area contributed by atoms with Crippen LogP contribution in [0.2, 0.25) is 0 Å². The molecule has 3 nitrogen and oxygen atoms in total. The molecule has 0 spiro atoms. The Morgan fingerprint density at radius 1 is 1.07 bits per heavy atom. The van der Waals surface area contributed by atoms with E-state index in [2.05, 4.69) is 4.74 Å². The van der Waals surface area contributed by atoms with Gasteiger partial charge < -0.3 is 4.74 Å². The fourth-order valence-electron chi connectivity index (χ4n) is 1.54. The SMILES string of the molecule is O=C1OC(=O)c2cc3sccc3cc21. The van der Waals surface area contributed by atoms with E-state index in [1.807, 2.05) is 11.4 Å². The van der Waals surface area contributed by atoms with Gasteiger partial charge in [-0.25, -0.2) is 9.59 Å². The Kier molecular flexibility index (Phi) is 1.33. The van der Waals surface area contributed by atoms with Crippen molar-refractivity contribution in [1.82, 2.24) is 0 Å². The van der Waals surface area contributed by atoms with Gasteiger partial charge in [-0.2, -0.15) is 0 Å². The molecule has 0 fully saturated rings. The van der Waals surface area contributed by atoms with E-state index < -0.39 is 11.9 Å². The molecule has 0 saturated carbocycles. The van der Waals surface area contributed by atoms with Crippen LogP contribution in [-0.4, -0.2) is 11.9 Å². The Balaban J connectivity index is 2.43. The number of hydrogen-bond acceptors (Lipinski definition) is 4. The molecule has 1 aromatic carbocycles. The summed E-state index contributed by atoms with van der Waals surface area (Å²) in [7, 11) is 0. The molecule has 14 heavy (non-hydrogen) atoms. The molecule has 1 aliphatic rings. The van der Waals surface area contributed by atoms with Crippen molar-refractivity contribution >= 4 is 33.4 Å². The molecule has 0 amide bonds. The Morgan fingerprint density at radius 3 is 2.57 bits per heavy atom. The second-order valence-electron chi connectivity index (χ2n) is 3.03. The van der Waals surface area contributed by atoms with Crippen LogP contribution in [0.5, 0.6) is 0 Å². The highest BCUT2D eigenvalue weighted by atomic mass is 32.1. The molecule has 1 aliphatic heterocycles. The van der Waals surface area contributed by atoms with Gasteiger partial charge in [0.1, 0.15) is 0 Å². The third-order valence-electron chi connectivity index (χ3n) is 2.22. The number of carbonyl (C=O) groups is 2. The fraction of sp³-hybridized carbons (Fsp3) is 0. The van der Waals surface area contributed by atoms with Crippen molar-refractivity contribution < 1.29 is 14.3 Å². The number of rotatable bonds is 0. The standard InChI is InChI=1S/C10H4O3S/c11-9-6-3-5-1-2-14-8(5)4-7(6)10(12)13-9/h1-4H. The Labute approximate surface area is 82.9 Å². The van der Waals surface area contributed by atoms with Crippen LogP contribution in [-0.2, 0) is 4.74 Å². The van der Waals surface area contributed by atoms with Gasteiger partial charge in [-0.15, -0.1) is 11.3 Å². The van der Waals surface area contributed by atoms with Gasteiger partial charge in [-0.3, -0.25) is 0 Å². The normalized spacial score (nSPS) is 14.6. The van der Waals surface area contributed by atoms with E-state index in [1.165, 1.54) is 11.3 Å². The van der Waals surface area contributed by atoms with Crippen LogP contribution in [0.4, 0.5) is 0 Å². The topological polar surface area (TPSA) is 43.4 Å². The maximum atomic E-state index is 11.2. The van der Waals surface area contributed by atoms with Gasteiger partial charge in [0.25, 0.3) is 0 Å². The second-order valence-corrected chi connectivity index (χ2v) is 3.98. The van der Waals surface area contributed by atoms with Gasteiger partial charge in [-0.05, 0) is 29.0 Å². The van der Waals surface area contributed by atoms with Crippen molar-refractivity contribution in [1.29, 1.82) is 0 Å². The number of thiophene rings is 1. The highest BCUT2D eigenvalue weighted by Crippen LogP contribution is 2.28. The van der Waals surface area contributed by atoms with Gasteiger partial charge in [0.15, 0.2) is 0 Å². The Hall–Kier alpha value is -1.68. The minimum Gasteiger partial charge on any atom is -0.386 e. The van der Waals surface area contributed by atoms with Gasteiger partial charge in [0, 0.05) is 4.70 Å². The third-order valence-corrected chi connectivity index (χ3v) is 3.10. The molecule has 0 atom stereocenters. The zero-order valence-corrected chi connectivity index (χ0v) is 7.76. The van der Waals surface area contributed by atoms with Crippen LogP contribution < -0.4 is 0 Å². The molecule has 0 unspecified atom stereocenters. The van der Waals surface area contributed by atoms with Crippen molar-refractivity contribution in [2.24, 2.45) is 0 Å². The first-order valence-corrected chi connectivity index (χ1v) is 4.91. The Morgan fingerprint density at radius 2 is 1.79 bits per heavy atom. The fourth-order valence-corrected chi connectivity index (χ4v) is 2.35. The largest absolute Gasteiger partial charge is 0.386 e. The van der Waals surface area contributed by atoms with Gasteiger partial charge in [0.05, 0.1) is 11.1 Å². The molecule has 4 heteroatoms. The van der Waals surface area contributed by atoms with Crippen LogP contribution in [0, 0.1) is 0 Å². The van der Waals surface area contributed by atoms with E-state index >= 15 is 0 Å². The summed E-state index contributed by atoms with van der Waals surface area (Å²) < 4.78 is 5.49. The Bertz CT molecular complexity index is 520. The van der Waals surface area contributed by atoms with Crippen LogP contribution in [0.25, 0.3) is 10.1 Å². The van der Waals surface area contributed by atoms with E-state index in [0.717, 1.165) is 10.1 Å². The van der Waals surface area contributed by atoms with Crippen molar-refractivity contribution in [2.75, 3.05) is 0 Å². The molecule has 3 rings (SSSR count). The van der Waals surface area contributed by atoms with Crippen LogP contribution in [0.15, 0.2) is 23.6 Å². The molecule has 2 aromatic rings. The first kappa shape index (κ1) is 7.70. The summed E-state index contributed by atoms with van der Waals surface area (Å²) in [6.45, 7) is 0. The first-order chi connectivity index (χ1) is 6.75. The molecule has 0 aliphatic carbocycles. The van der Waals surface area contributed by atoms with E-state index in [0.29, 0.717) is 11.1 Å². The second kappa shape index (κ2) is 2.42. The number of esters is 2. The van der Waals surface area contributed by atoms with Crippen molar-refractivity contribution in [3.8, 4) is 0 Å². The summed E-state index contributed by atoms with van der Waals surface area (Å²) in [5.74, 6) is -1.08. The average molecular weight is 204 g/mol. The summed E-state index contributed by atoms with van der Waals surface area (Å²) in [5, 5.41) is 2.90. The van der Waals surface area contributed by atoms with E-state index in [1.54, 1.807) is 12.1 Å². The summed E-state index contributed by atoms with van der Waals surface area (Å²) in [5.41, 5.74) is 0.755. The molecule has 2 heterocycles. The highest BCUT2D eigenvalue weighted by Gasteiger charge is 2.29. The molecule has 0 bridgehead atoms. The molecule has 0 saturated heterocycles. The van der Waals surface area contributed by atoms with Crippen LogP contribution >= 0.6 is 11.3 Å². The van der Waals surface area contributed by atoms with E-state index in [-0.39, 0.29) is 0 Å². The lowest BCUT2D eigenvalue weighted by atomic mass is 10.1. The van der Waals surface area contributed by atoms with E-state index in [9.17, 15) is 9.59 Å². The predicted octanol–water partition coefficient (Wildman–Crippen LogP) is 2.21. The monoisotopic (exact) mass is 204 g/mol. The number of hydrogen-bond donors (Lipinski definition) is 0. The summed E-state index contributed by atoms with van der Waals surface area (Å²) in [6.07, 6.45) is 0. The van der Waals surface area contributed by atoms with Crippen LogP contribution in [0.1, 0.15) is 20.7 Å². The highest BCUT2D eigenvalue weighted by molar-refractivity contribution is 7.17. The number of fused-ring (bicyclic) bond motifs is 2. The summed E-state index contributed by atoms with van der Waals surface area (Å²) >= 11 is 1.54. The van der Waals surface area contributed by atoms with Crippen molar-refractivity contribution in [3.63, 3.8) is 0 Å². The van der Waals surface area contributed by atoms with Gasteiger partial charge in [0.2, 0.25) is 0 Å². The molecule has 68 valence electrons. The lowest BCUT2D eigenvalue weighted by Crippen LogP contribution is -1.96. The molecular weight excluding hydrogens is 200 g/mol. The van der Waals surface area contributed by atoms with Gasteiger partial charge >= 0.3 is 11.9 Å². The minimum absolute atomic E-state index is 0.376. The molecule has 0 N–H and O–H groups in total. The minimum atomic E-state index is -0.543. The van der Waals surface area contributed by atoms with Crippen molar-refractivity contribution in [3.05, 3.63) is 34.7 Å². The van der Waals surface area contributed by atoms with E-state index in [4.69, 9.17) is 0 Å². The summed E-state index contributed by atoms with van der Waals surface area (Å²) in [4.78, 5) is 22.4. The van der Waals surface area contributed by atoms with Gasteiger partial charge in [-0.1, -0.05) is 0 Å². The zero-order valence-electron chi connectivity index (χ0n) is 6.94. The number of cyclic esters (lactones) is 2. The first-order valence-electron chi connectivity index (χ1n) is 4.03. The molecule has 0 radical (unpaired) electrons. The molecular formula is C10H4O3S. The number of ether oxygens (including phenoxy) is 1. The lowest BCUT2D eigenvalue weighted by molar-refractivity contribution is 0.0444. The number of carbonyl (C=O) groups excluding carboxylic acids is 2. The molecule has 1 aromatic heterocycles. The predicted molar refractivity (Wildman–Crippen MR) is 51.6 cm³/mol. The lowest BCUT2D eigenvalue weighted by Gasteiger charge is -1.92. The zero-order chi connectivity index (χ0) is 9.71. The average Bonchev–Trinajstić information content (AvgIpc) is 2.70. The third kappa shape index (κ3) is 0.858. The number of benzene rings is 1. The smallest absolute Gasteiger partial charge is 0.346 e. The van der Waals surface area contributed by atoms with Crippen LogP contribution in [0.3, 0.4) is 0 Å². The van der Waals surface area contributed by atoms with Crippen molar-refractivity contribution in [2.45, 2.75) is 0 Å². The maximum Gasteiger partial charge on any atom is 0.346 e. The quantitative estimate of drug-likeness (QED) is 0.488. The maximum absolute atomic E-state index is 11.2. The summed E-state index contributed by atoms with van der Waals surface area (Å²) in [6, 6.07) is 5.33.